The molecular formula is C12H21N3O. The van der Waals surface area contributed by atoms with Crippen molar-refractivity contribution in [3.8, 4) is 0 Å². The van der Waals surface area contributed by atoms with Crippen LogP contribution < -0.4 is 0 Å². The SMILES string of the molecule is Cc1[nH]nc(C(C)C)c1C(=O)N(C)C(C)C. The summed E-state index contributed by atoms with van der Waals surface area (Å²) in [7, 11) is 1.82. The van der Waals surface area contributed by atoms with Gasteiger partial charge in [-0.05, 0) is 26.7 Å². The topological polar surface area (TPSA) is 49.0 Å². The van der Waals surface area contributed by atoms with Crippen molar-refractivity contribution in [3.05, 3.63) is 17.0 Å². The van der Waals surface area contributed by atoms with Crippen LogP contribution in [0.4, 0.5) is 0 Å². The van der Waals surface area contributed by atoms with Gasteiger partial charge >= 0.3 is 0 Å². The molecule has 4 nitrogen and oxygen atoms in total. The average Bonchev–Trinajstić information content (AvgIpc) is 2.57. The van der Waals surface area contributed by atoms with Crippen LogP contribution in [0.15, 0.2) is 0 Å². The average molecular weight is 223 g/mol. The maximum absolute atomic E-state index is 12.3. The van der Waals surface area contributed by atoms with E-state index in [2.05, 4.69) is 10.2 Å². The zero-order chi connectivity index (χ0) is 12.5. The maximum Gasteiger partial charge on any atom is 0.257 e. The third-order valence-electron chi connectivity index (χ3n) is 2.83. The Hall–Kier alpha value is -1.32. The van der Waals surface area contributed by atoms with Gasteiger partial charge in [0.2, 0.25) is 0 Å². The minimum Gasteiger partial charge on any atom is -0.339 e. The number of amides is 1. The summed E-state index contributed by atoms with van der Waals surface area (Å²) in [4.78, 5) is 14.0. The van der Waals surface area contributed by atoms with Gasteiger partial charge in [-0.25, -0.2) is 0 Å². The van der Waals surface area contributed by atoms with Gasteiger partial charge in [-0.2, -0.15) is 5.10 Å². The summed E-state index contributed by atoms with van der Waals surface area (Å²) in [6.07, 6.45) is 0. The number of hydrogen-bond donors (Lipinski definition) is 1. The van der Waals surface area contributed by atoms with E-state index in [9.17, 15) is 4.79 Å². The lowest BCUT2D eigenvalue weighted by Crippen LogP contribution is -2.33. The molecule has 0 unspecified atom stereocenters. The molecule has 0 fully saturated rings. The van der Waals surface area contributed by atoms with Crippen molar-refractivity contribution in [1.29, 1.82) is 0 Å². The molecular weight excluding hydrogens is 202 g/mol. The van der Waals surface area contributed by atoms with Gasteiger partial charge in [-0.1, -0.05) is 13.8 Å². The van der Waals surface area contributed by atoms with E-state index in [1.807, 2.05) is 41.7 Å². The quantitative estimate of drug-likeness (QED) is 0.855. The van der Waals surface area contributed by atoms with Crippen LogP contribution in [0.3, 0.4) is 0 Å². The molecule has 0 aliphatic heterocycles. The van der Waals surface area contributed by atoms with Crippen LogP contribution in [0.5, 0.6) is 0 Å². The van der Waals surface area contributed by atoms with Gasteiger partial charge in [-0.3, -0.25) is 9.89 Å². The van der Waals surface area contributed by atoms with Gasteiger partial charge in [0.15, 0.2) is 0 Å². The highest BCUT2D eigenvalue weighted by molar-refractivity contribution is 5.96. The summed E-state index contributed by atoms with van der Waals surface area (Å²) >= 11 is 0. The Morgan fingerprint density at radius 1 is 1.31 bits per heavy atom. The van der Waals surface area contributed by atoms with Crippen LogP contribution in [-0.2, 0) is 0 Å². The number of carbonyl (C=O) groups excluding carboxylic acids is 1. The molecule has 1 rings (SSSR count). The van der Waals surface area contributed by atoms with Gasteiger partial charge in [0.1, 0.15) is 0 Å². The van der Waals surface area contributed by atoms with Crippen molar-refractivity contribution in [2.75, 3.05) is 7.05 Å². The maximum atomic E-state index is 12.3. The van der Waals surface area contributed by atoms with Gasteiger partial charge in [0, 0.05) is 18.8 Å². The van der Waals surface area contributed by atoms with E-state index in [4.69, 9.17) is 0 Å². The molecule has 4 heteroatoms. The first-order valence-corrected chi connectivity index (χ1v) is 5.68. The molecule has 0 spiro atoms. The van der Waals surface area contributed by atoms with Crippen LogP contribution in [0.25, 0.3) is 0 Å². The van der Waals surface area contributed by atoms with E-state index in [0.717, 1.165) is 17.0 Å². The predicted octanol–water partition coefficient (Wildman–Crippen LogP) is 2.32. The number of aromatic amines is 1. The molecule has 0 atom stereocenters. The van der Waals surface area contributed by atoms with E-state index >= 15 is 0 Å². The van der Waals surface area contributed by atoms with Crippen molar-refractivity contribution in [2.24, 2.45) is 0 Å². The molecule has 1 N–H and O–H groups in total. The Morgan fingerprint density at radius 2 is 1.88 bits per heavy atom. The fourth-order valence-electron chi connectivity index (χ4n) is 1.55. The number of aryl methyl sites for hydroxylation is 1. The molecule has 1 aromatic heterocycles. The van der Waals surface area contributed by atoms with Gasteiger partial charge in [0.25, 0.3) is 5.91 Å². The van der Waals surface area contributed by atoms with E-state index < -0.39 is 0 Å². The van der Waals surface area contributed by atoms with Crippen LogP contribution in [0.1, 0.15) is 55.4 Å². The first kappa shape index (κ1) is 12.7. The highest BCUT2D eigenvalue weighted by atomic mass is 16.2. The number of nitrogens with zero attached hydrogens (tertiary/aromatic N) is 2. The standard InChI is InChI=1S/C12H21N3O/c1-7(2)11-10(9(5)13-14-11)12(16)15(6)8(3)4/h7-8H,1-6H3,(H,13,14). The highest BCUT2D eigenvalue weighted by Gasteiger charge is 2.23. The lowest BCUT2D eigenvalue weighted by Gasteiger charge is -2.22. The molecule has 0 aromatic carbocycles. The second-order valence-corrected chi connectivity index (χ2v) is 4.77. The molecule has 0 saturated heterocycles. The summed E-state index contributed by atoms with van der Waals surface area (Å²) < 4.78 is 0. The van der Waals surface area contributed by atoms with Gasteiger partial charge in [-0.15, -0.1) is 0 Å². The fourth-order valence-corrected chi connectivity index (χ4v) is 1.55. The lowest BCUT2D eigenvalue weighted by atomic mass is 10.0. The molecule has 90 valence electrons. The van der Waals surface area contributed by atoms with E-state index in [1.54, 1.807) is 4.90 Å². The van der Waals surface area contributed by atoms with Gasteiger partial charge in [0.05, 0.1) is 11.3 Å². The summed E-state index contributed by atoms with van der Waals surface area (Å²) in [6, 6.07) is 0.196. The van der Waals surface area contributed by atoms with Crippen molar-refractivity contribution in [2.45, 2.75) is 46.6 Å². The molecule has 0 radical (unpaired) electrons. The van der Waals surface area contributed by atoms with Crippen LogP contribution in [0, 0.1) is 6.92 Å². The first-order chi connectivity index (χ1) is 7.36. The second-order valence-electron chi connectivity index (χ2n) is 4.77. The highest BCUT2D eigenvalue weighted by Crippen LogP contribution is 2.21. The summed E-state index contributed by atoms with van der Waals surface area (Å²) in [5, 5.41) is 7.10. The Balaban J connectivity index is 3.12. The number of rotatable bonds is 3. The zero-order valence-corrected chi connectivity index (χ0v) is 11.0. The molecule has 1 aromatic rings. The number of aromatic nitrogens is 2. The number of H-pyrrole nitrogens is 1. The van der Waals surface area contributed by atoms with Crippen molar-refractivity contribution >= 4 is 5.91 Å². The van der Waals surface area contributed by atoms with Crippen molar-refractivity contribution in [3.63, 3.8) is 0 Å². The van der Waals surface area contributed by atoms with Crippen LogP contribution >= 0.6 is 0 Å². The van der Waals surface area contributed by atoms with E-state index in [1.165, 1.54) is 0 Å². The second kappa shape index (κ2) is 4.68. The zero-order valence-electron chi connectivity index (χ0n) is 11.0. The van der Waals surface area contributed by atoms with E-state index in [0.29, 0.717) is 0 Å². The van der Waals surface area contributed by atoms with Crippen LogP contribution in [-0.4, -0.2) is 34.1 Å². The largest absolute Gasteiger partial charge is 0.339 e. The Kier molecular flexibility index (Phi) is 3.73. The Labute approximate surface area is 97.0 Å². The molecule has 16 heavy (non-hydrogen) atoms. The smallest absolute Gasteiger partial charge is 0.257 e. The number of carbonyl (C=O) groups is 1. The third-order valence-corrected chi connectivity index (χ3v) is 2.83. The summed E-state index contributed by atoms with van der Waals surface area (Å²) in [5.41, 5.74) is 2.43. The first-order valence-electron chi connectivity index (χ1n) is 5.68. The molecule has 0 bridgehead atoms. The van der Waals surface area contributed by atoms with Crippen molar-refractivity contribution in [1.82, 2.24) is 15.1 Å². The minimum absolute atomic E-state index is 0.0463. The minimum atomic E-state index is 0.0463. The normalized spacial score (nSPS) is 11.2. The molecule has 0 aliphatic rings. The summed E-state index contributed by atoms with van der Waals surface area (Å²) in [5.74, 6) is 0.300. The van der Waals surface area contributed by atoms with E-state index in [-0.39, 0.29) is 17.9 Å². The number of nitrogens with one attached hydrogen (secondary N) is 1. The third kappa shape index (κ3) is 2.26. The Morgan fingerprint density at radius 3 is 2.31 bits per heavy atom. The van der Waals surface area contributed by atoms with Crippen LogP contribution in [0.2, 0.25) is 0 Å². The fraction of sp³-hybridized carbons (Fsp3) is 0.667. The van der Waals surface area contributed by atoms with Crippen molar-refractivity contribution < 1.29 is 4.79 Å². The molecule has 1 amide bonds. The Bertz CT molecular complexity index is 380. The van der Waals surface area contributed by atoms with Gasteiger partial charge < -0.3 is 4.90 Å². The monoisotopic (exact) mass is 223 g/mol. The predicted molar refractivity (Wildman–Crippen MR) is 64.6 cm³/mol. The molecule has 1 heterocycles. The molecule has 0 aliphatic carbocycles. The molecule has 0 saturated carbocycles. The lowest BCUT2D eigenvalue weighted by molar-refractivity contribution is 0.0753. The number of hydrogen-bond acceptors (Lipinski definition) is 2. The summed E-state index contributed by atoms with van der Waals surface area (Å²) in [6.45, 7) is 9.98.